The Morgan fingerprint density at radius 3 is 2.62 bits per heavy atom. The van der Waals surface area contributed by atoms with Crippen molar-refractivity contribution in [1.29, 1.82) is 0 Å². The summed E-state index contributed by atoms with van der Waals surface area (Å²) in [7, 11) is 3.29. The van der Waals surface area contributed by atoms with Crippen LogP contribution in [0.15, 0.2) is 42.5 Å². The Morgan fingerprint density at radius 1 is 1.10 bits per heavy atom. The Balaban J connectivity index is 0.00000300. The topological polar surface area (TPSA) is 89.4 Å². The van der Waals surface area contributed by atoms with Gasteiger partial charge < -0.3 is 25.5 Å². The molecule has 0 saturated heterocycles. The number of fused-ring (bicyclic) bond motifs is 1. The molecule has 6 nitrogen and oxygen atoms in total. The smallest absolute Gasteiger partial charge is 0.220 e. The molecule has 7 heteroatoms. The Kier molecular flexibility index (Phi) is 8.21. The van der Waals surface area contributed by atoms with Crippen molar-refractivity contribution in [1.82, 2.24) is 10.3 Å². The van der Waals surface area contributed by atoms with Crippen LogP contribution < -0.4 is 20.5 Å². The van der Waals surface area contributed by atoms with E-state index in [1.807, 2.05) is 36.4 Å². The van der Waals surface area contributed by atoms with Crippen LogP contribution in [-0.4, -0.2) is 31.7 Å². The normalized spacial score (nSPS) is 10.4. The van der Waals surface area contributed by atoms with Gasteiger partial charge in [0, 0.05) is 41.9 Å². The monoisotopic (exact) mass is 417 g/mol. The highest BCUT2D eigenvalue weighted by Gasteiger charge is 2.09. The lowest BCUT2D eigenvalue weighted by Crippen LogP contribution is -2.25. The number of methoxy groups -OCH3 is 2. The van der Waals surface area contributed by atoms with Gasteiger partial charge in [-0.25, -0.2) is 0 Å². The number of benzene rings is 2. The number of aromatic amines is 1. The second-order valence-electron chi connectivity index (χ2n) is 6.74. The first kappa shape index (κ1) is 22.4. The summed E-state index contributed by atoms with van der Waals surface area (Å²) in [6, 6.07) is 13.6. The Morgan fingerprint density at radius 2 is 1.90 bits per heavy atom. The predicted molar refractivity (Wildman–Crippen MR) is 119 cm³/mol. The predicted octanol–water partition coefficient (Wildman–Crippen LogP) is 3.87. The van der Waals surface area contributed by atoms with Crippen molar-refractivity contribution in [3.63, 3.8) is 0 Å². The molecule has 2 aromatic carbocycles. The molecule has 0 saturated carbocycles. The van der Waals surface area contributed by atoms with Gasteiger partial charge in [0.15, 0.2) is 0 Å². The zero-order chi connectivity index (χ0) is 19.9. The first-order valence-electron chi connectivity index (χ1n) is 9.44. The number of carbonyl (C=O) groups excluding carboxylic acids is 1. The first-order valence-corrected chi connectivity index (χ1v) is 9.44. The fraction of sp³-hybridized carbons (Fsp3) is 0.318. The summed E-state index contributed by atoms with van der Waals surface area (Å²) in [5.74, 6) is 1.58. The number of H-pyrrole nitrogens is 1. The number of halogens is 1. The molecule has 4 N–H and O–H groups in total. The number of rotatable bonds is 9. The number of hydrogen-bond donors (Lipinski definition) is 3. The third-order valence-electron chi connectivity index (χ3n) is 4.81. The van der Waals surface area contributed by atoms with Crippen LogP contribution in [0.1, 0.15) is 24.1 Å². The molecule has 0 aliphatic rings. The molecule has 1 aromatic heterocycles. The summed E-state index contributed by atoms with van der Waals surface area (Å²) in [4.78, 5) is 15.4. The lowest BCUT2D eigenvalue weighted by molar-refractivity contribution is -0.121. The maximum atomic E-state index is 12.0. The van der Waals surface area contributed by atoms with Crippen LogP contribution in [0.2, 0.25) is 0 Å². The summed E-state index contributed by atoms with van der Waals surface area (Å²) in [6.45, 7) is 0.638. The Labute approximate surface area is 177 Å². The highest BCUT2D eigenvalue weighted by atomic mass is 35.5. The van der Waals surface area contributed by atoms with Gasteiger partial charge in [-0.05, 0) is 37.0 Å². The fourth-order valence-electron chi connectivity index (χ4n) is 3.26. The van der Waals surface area contributed by atoms with Gasteiger partial charge in [0.05, 0.1) is 19.7 Å². The molecule has 0 radical (unpaired) electrons. The van der Waals surface area contributed by atoms with E-state index < -0.39 is 0 Å². The second-order valence-corrected chi connectivity index (χ2v) is 6.74. The molecule has 0 spiro atoms. The van der Waals surface area contributed by atoms with Gasteiger partial charge in [0.2, 0.25) is 5.91 Å². The third-order valence-corrected chi connectivity index (χ3v) is 4.81. The molecule has 0 unspecified atom stereocenters. The number of aryl methyl sites for hydroxylation is 2. The third kappa shape index (κ3) is 5.81. The van der Waals surface area contributed by atoms with E-state index in [0.29, 0.717) is 19.4 Å². The second kappa shape index (κ2) is 10.6. The highest BCUT2D eigenvalue weighted by molar-refractivity contribution is 5.88. The largest absolute Gasteiger partial charge is 0.497 e. The molecule has 3 rings (SSSR count). The van der Waals surface area contributed by atoms with Gasteiger partial charge in [-0.15, -0.1) is 12.4 Å². The van der Waals surface area contributed by atoms with Gasteiger partial charge in [-0.3, -0.25) is 4.79 Å². The number of nitrogens with two attached hydrogens (primary N) is 1. The van der Waals surface area contributed by atoms with Crippen LogP contribution in [-0.2, 0) is 17.6 Å². The number of ether oxygens (including phenoxy) is 2. The molecule has 0 atom stereocenters. The van der Waals surface area contributed by atoms with E-state index in [1.165, 1.54) is 0 Å². The van der Waals surface area contributed by atoms with Crippen LogP contribution in [0.25, 0.3) is 10.9 Å². The van der Waals surface area contributed by atoms with Crippen molar-refractivity contribution >= 4 is 34.9 Å². The van der Waals surface area contributed by atoms with Crippen molar-refractivity contribution in [3.8, 4) is 11.5 Å². The van der Waals surface area contributed by atoms with Crippen molar-refractivity contribution in [3.05, 3.63) is 53.7 Å². The van der Waals surface area contributed by atoms with Crippen molar-refractivity contribution in [2.75, 3.05) is 26.5 Å². The number of anilines is 1. The van der Waals surface area contributed by atoms with Crippen molar-refractivity contribution in [2.24, 2.45) is 0 Å². The molecule has 0 aliphatic carbocycles. The molecule has 0 fully saturated rings. The van der Waals surface area contributed by atoms with E-state index >= 15 is 0 Å². The minimum atomic E-state index is 0. The van der Waals surface area contributed by atoms with E-state index in [-0.39, 0.29) is 18.3 Å². The lowest BCUT2D eigenvalue weighted by Gasteiger charge is -2.06. The minimum Gasteiger partial charge on any atom is -0.497 e. The molecule has 29 heavy (non-hydrogen) atoms. The molecule has 3 aromatic rings. The maximum absolute atomic E-state index is 12.0. The molecule has 1 amide bonds. The molecule has 0 aliphatic heterocycles. The number of hydrogen-bond acceptors (Lipinski definition) is 4. The number of amides is 1. The number of nitrogens with one attached hydrogen (secondary N) is 2. The zero-order valence-corrected chi connectivity index (χ0v) is 17.6. The van der Waals surface area contributed by atoms with Gasteiger partial charge in [0.1, 0.15) is 11.5 Å². The van der Waals surface area contributed by atoms with Gasteiger partial charge in [0.25, 0.3) is 0 Å². The van der Waals surface area contributed by atoms with Crippen LogP contribution in [0.3, 0.4) is 0 Å². The van der Waals surface area contributed by atoms with Crippen LogP contribution in [0, 0.1) is 0 Å². The van der Waals surface area contributed by atoms with Crippen LogP contribution in [0.4, 0.5) is 5.69 Å². The van der Waals surface area contributed by atoms with E-state index in [4.69, 9.17) is 15.2 Å². The molecular formula is C22H28ClN3O3. The number of carbonyl (C=O) groups is 1. The Hall–Kier alpha value is -2.86. The standard InChI is InChI=1S/C22H27N3O3.ClH/c1-27-17-13-20-18(21(14-17)28-2)12-16(25-20)7-5-11-24-22(26)10-9-15-6-3-4-8-19(15)23;/h3-4,6,8,12-14,25H,5,7,9-11,23H2,1-2H3,(H,24,26);1H. The average Bonchev–Trinajstić information content (AvgIpc) is 3.12. The number of nitrogen functional groups attached to an aromatic ring is 1. The number of aromatic nitrogens is 1. The molecule has 1 heterocycles. The van der Waals surface area contributed by atoms with Crippen LogP contribution >= 0.6 is 12.4 Å². The van der Waals surface area contributed by atoms with Crippen molar-refractivity contribution < 1.29 is 14.3 Å². The summed E-state index contributed by atoms with van der Waals surface area (Å²) in [5.41, 5.74) is 9.75. The summed E-state index contributed by atoms with van der Waals surface area (Å²) < 4.78 is 10.8. The zero-order valence-electron chi connectivity index (χ0n) is 16.8. The van der Waals surface area contributed by atoms with E-state index in [9.17, 15) is 4.79 Å². The maximum Gasteiger partial charge on any atom is 0.220 e. The lowest BCUT2D eigenvalue weighted by atomic mass is 10.1. The first-order chi connectivity index (χ1) is 13.6. The average molecular weight is 418 g/mol. The summed E-state index contributed by atoms with van der Waals surface area (Å²) in [6.07, 6.45) is 2.79. The fourth-order valence-corrected chi connectivity index (χ4v) is 3.26. The van der Waals surface area contributed by atoms with Gasteiger partial charge in [-0.2, -0.15) is 0 Å². The molecule has 0 bridgehead atoms. The van der Waals surface area contributed by atoms with E-state index in [1.54, 1.807) is 14.2 Å². The van der Waals surface area contributed by atoms with Crippen molar-refractivity contribution in [2.45, 2.75) is 25.7 Å². The highest BCUT2D eigenvalue weighted by Crippen LogP contribution is 2.31. The van der Waals surface area contributed by atoms with Gasteiger partial charge in [-0.1, -0.05) is 18.2 Å². The molecule has 156 valence electrons. The summed E-state index contributed by atoms with van der Waals surface area (Å²) in [5, 5.41) is 4.01. The minimum absolute atomic E-state index is 0. The molecular weight excluding hydrogens is 390 g/mol. The van der Waals surface area contributed by atoms with E-state index in [0.717, 1.165) is 52.2 Å². The quantitative estimate of drug-likeness (QED) is 0.364. The Bertz CT molecular complexity index is 956. The van der Waals surface area contributed by atoms with Crippen LogP contribution in [0.5, 0.6) is 11.5 Å². The summed E-state index contributed by atoms with van der Waals surface area (Å²) >= 11 is 0. The van der Waals surface area contributed by atoms with E-state index in [2.05, 4.69) is 16.4 Å². The number of para-hydroxylation sites is 1. The van der Waals surface area contributed by atoms with Gasteiger partial charge >= 0.3 is 0 Å². The SMILES string of the molecule is COc1cc(OC)c2cc(CCCNC(=O)CCc3ccccc3N)[nH]c2c1.Cl.